The van der Waals surface area contributed by atoms with Crippen LogP contribution in [0.5, 0.6) is 0 Å². The van der Waals surface area contributed by atoms with E-state index in [4.69, 9.17) is 9.26 Å². The first-order valence-electron chi connectivity index (χ1n) is 8.50. The Morgan fingerprint density at radius 3 is 2.62 bits per heavy atom. The van der Waals surface area contributed by atoms with E-state index in [1.165, 1.54) is 7.11 Å². The maximum Gasteiger partial charge on any atom is 0.328 e. The molecule has 1 amide bonds. The number of esters is 1. The molecule has 0 saturated carbocycles. The van der Waals surface area contributed by atoms with Crippen LogP contribution >= 0.6 is 0 Å². The van der Waals surface area contributed by atoms with Gasteiger partial charge < -0.3 is 19.1 Å². The lowest BCUT2D eigenvalue weighted by Gasteiger charge is -2.36. The van der Waals surface area contributed by atoms with Crippen LogP contribution in [-0.4, -0.2) is 48.7 Å². The number of ether oxygens (including phenoxy) is 1. The minimum absolute atomic E-state index is 0.124. The zero-order valence-electron chi connectivity index (χ0n) is 15.5. The third-order valence-electron chi connectivity index (χ3n) is 4.79. The quantitative estimate of drug-likeness (QED) is 0.778. The fourth-order valence-corrected chi connectivity index (χ4v) is 3.53. The fourth-order valence-electron chi connectivity index (χ4n) is 3.53. The molecule has 0 fully saturated rings. The van der Waals surface area contributed by atoms with Gasteiger partial charge in [0.25, 0.3) is 0 Å². The van der Waals surface area contributed by atoms with E-state index in [0.29, 0.717) is 18.7 Å². The molecule has 1 aromatic carbocycles. The summed E-state index contributed by atoms with van der Waals surface area (Å²) >= 11 is 0. The molecule has 7 nitrogen and oxygen atoms in total. The Bertz CT molecular complexity index is 810. The molecule has 0 saturated heterocycles. The van der Waals surface area contributed by atoms with Crippen molar-refractivity contribution < 1.29 is 18.8 Å². The van der Waals surface area contributed by atoms with Gasteiger partial charge in [-0.25, -0.2) is 4.79 Å². The summed E-state index contributed by atoms with van der Waals surface area (Å²) in [6.07, 6.45) is 0.462. The molecular weight excluding hydrogens is 334 g/mol. The van der Waals surface area contributed by atoms with Crippen molar-refractivity contribution in [3.63, 3.8) is 0 Å². The van der Waals surface area contributed by atoms with E-state index in [-0.39, 0.29) is 12.5 Å². The van der Waals surface area contributed by atoms with Crippen molar-refractivity contribution in [2.75, 3.05) is 25.6 Å². The van der Waals surface area contributed by atoms with E-state index in [2.05, 4.69) is 5.16 Å². The van der Waals surface area contributed by atoms with Crippen molar-refractivity contribution in [2.24, 2.45) is 0 Å². The SMILES string of the molecule is COC(=O)[C@@H]1Cc2ccccc2CN1C(=O)CN(C)c1c(C)noc1C. The van der Waals surface area contributed by atoms with Crippen molar-refractivity contribution in [1.82, 2.24) is 10.1 Å². The van der Waals surface area contributed by atoms with Gasteiger partial charge in [-0.1, -0.05) is 29.4 Å². The third-order valence-corrected chi connectivity index (χ3v) is 4.79. The van der Waals surface area contributed by atoms with Gasteiger partial charge in [0, 0.05) is 20.0 Å². The lowest BCUT2D eigenvalue weighted by atomic mass is 9.94. The number of hydrogen-bond donors (Lipinski definition) is 0. The number of carbonyl (C=O) groups is 2. The van der Waals surface area contributed by atoms with Crippen LogP contribution in [0.2, 0.25) is 0 Å². The number of amides is 1. The van der Waals surface area contributed by atoms with Crippen molar-refractivity contribution in [1.29, 1.82) is 0 Å². The number of aromatic nitrogens is 1. The summed E-state index contributed by atoms with van der Waals surface area (Å²) in [5, 5.41) is 3.93. The molecule has 1 aromatic heterocycles. The van der Waals surface area contributed by atoms with Crippen LogP contribution in [0.15, 0.2) is 28.8 Å². The summed E-state index contributed by atoms with van der Waals surface area (Å²) < 4.78 is 10.1. The number of nitrogens with zero attached hydrogens (tertiary/aromatic N) is 3. The van der Waals surface area contributed by atoms with Gasteiger partial charge in [0.1, 0.15) is 17.4 Å². The van der Waals surface area contributed by atoms with Crippen LogP contribution in [0.4, 0.5) is 5.69 Å². The summed E-state index contributed by atoms with van der Waals surface area (Å²) in [4.78, 5) is 28.7. The number of rotatable bonds is 4. The number of likely N-dealkylation sites (N-methyl/N-ethyl adjacent to an activating group) is 1. The number of carbonyl (C=O) groups excluding carboxylic acids is 2. The summed E-state index contributed by atoms with van der Waals surface area (Å²) in [6, 6.07) is 7.25. The monoisotopic (exact) mass is 357 g/mol. The first-order valence-corrected chi connectivity index (χ1v) is 8.50. The Kier molecular flexibility index (Phi) is 4.97. The van der Waals surface area contributed by atoms with Crippen LogP contribution in [0.1, 0.15) is 22.6 Å². The maximum absolute atomic E-state index is 13.0. The minimum atomic E-state index is -0.611. The number of anilines is 1. The Balaban J connectivity index is 1.83. The normalized spacial score (nSPS) is 16.2. The molecule has 3 rings (SSSR count). The highest BCUT2D eigenvalue weighted by Crippen LogP contribution is 2.26. The van der Waals surface area contributed by atoms with Gasteiger partial charge >= 0.3 is 5.97 Å². The molecule has 138 valence electrons. The number of hydrogen-bond acceptors (Lipinski definition) is 6. The lowest BCUT2D eigenvalue weighted by molar-refractivity contribution is -0.153. The molecule has 0 radical (unpaired) electrons. The molecule has 0 bridgehead atoms. The van der Waals surface area contributed by atoms with Gasteiger partial charge in [0.2, 0.25) is 5.91 Å². The maximum atomic E-state index is 13.0. The second-order valence-electron chi connectivity index (χ2n) is 6.56. The van der Waals surface area contributed by atoms with E-state index < -0.39 is 12.0 Å². The standard InChI is InChI=1S/C19H23N3O4/c1-12-18(13(2)26-20-12)21(3)11-17(23)22-10-15-8-6-5-7-14(15)9-16(22)19(24)25-4/h5-8,16H,9-11H2,1-4H3/t16-/m0/s1. The summed E-state index contributed by atoms with van der Waals surface area (Å²) in [7, 11) is 3.16. The van der Waals surface area contributed by atoms with Crippen molar-refractivity contribution in [3.05, 3.63) is 46.8 Å². The average Bonchev–Trinajstić information content (AvgIpc) is 2.98. The van der Waals surface area contributed by atoms with Crippen molar-refractivity contribution >= 4 is 17.6 Å². The topological polar surface area (TPSA) is 75.9 Å². The number of aryl methyl sites for hydroxylation is 2. The molecular formula is C19H23N3O4. The highest BCUT2D eigenvalue weighted by atomic mass is 16.5. The molecule has 0 unspecified atom stereocenters. The average molecular weight is 357 g/mol. The van der Waals surface area contributed by atoms with Crippen molar-refractivity contribution in [3.8, 4) is 0 Å². The first kappa shape index (κ1) is 18.0. The zero-order valence-corrected chi connectivity index (χ0v) is 15.5. The molecule has 1 atom stereocenters. The number of methoxy groups -OCH3 is 1. The molecule has 2 aromatic rings. The van der Waals surface area contributed by atoms with Crippen LogP contribution in [-0.2, 0) is 27.3 Å². The van der Waals surface area contributed by atoms with Crippen molar-refractivity contribution in [2.45, 2.75) is 32.9 Å². The minimum Gasteiger partial charge on any atom is -0.467 e. The van der Waals surface area contributed by atoms with Gasteiger partial charge in [0.05, 0.1) is 13.7 Å². The Hall–Kier alpha value is -2.83. The highest BCUT2D eigenvalue weighted by Gasteiger charge is 2.35. The highest BCUT2D eigenvalue weighted by molar-refractivity contribution is 5.88. The zero-order chi connectivity index (χ0) is 18.8. The summed E-state index contributed by atoms with van der Waals surface area (Å²) in [5.41, 5.74) is 3.66. The molecule has 0 N–H and O–H groups in total. The van der Waals surface area contributed by atoms with Crippen LogP contribution < -0.4 is 4.90 Å². The van der Waals surface area contributed by atoms with E-state index in [0.717, 1.165) is 22.5 Å². The number of fused-ring (bicyclic) bond motifs is 1. The van der Waals surface area contributed by atoms with E-state index in [1.807, 2.05) is 45.2 Å². The van der Waals surface area contributed by atoms with E-state index >= 15 is 0 Å². The molecule has 1 aliphatic heterocycles. The fraction of sp³-hybridized carbons (Fsp3) is 0.421. The molecule has 26 heavy (non-hydrogen) atoms. The van der Waals surface area contributed by atoms with Gasteiger partial charge in [0.15, 0.2) is 5.76 Å². The molecule has 7 heteroatoms. The third kappa shape index (κ3) is 3.29. The lowest BCUT2D eigenvalue weighted by Crippen LogP contribution is -2.51. The number of benzene rings is 1. The Morgan fingerprint density at radius 1 is 1.31 bits per heavy atom. The first-order chi connectivity index (χ1) is 12.4. The Morgan fingerprint density at radius 2 is 2.00 bits per heavy atom. The predicted molar refractivity (Wildman–Crippen MR) is 95.7 cm³/mol. The summed E-state index contributed by atoms with van der Waals surface area (Å²) in [5.74, 6) is 0.122. The molecule has 2 heterocycles. The van der Waals surface area contributed by atoms with Gasteiger partial charge in [-0.05, 0) is 25.0 Å². The van der Waals surface area contributed by atoms with Crippen LogP contribution in [0.3, 0.4) is 0 Å². The predicted octanol–water partition coefficient (Wildman–Crippen LogP) is 1.85. The smallest absolute Gasteiger partial charge is 0.328 e. The second-order valence-corrected chi connectivity index (χ2v) is 6.56. The van der Waals surface area contributed by atoms with Crippen LogP contribution in [0, 0.1) is 13.8 Å². The molecule has 0 spiro atoms. The Labute approximate surface area is 152 Å². The van der Waals surface area contributed by atoms with E-state index in [9.17, 15) is 9.59 Å². The largest absolute Gasteiger partial charge is 0.467 e. The van der Waals surface area contributed by atoms with Gasteiger partial charge in [-0.2, -0.15) is 0 Å². The van der Waals surface area contributed by atoms with E-state index in [1.54, 1.807) is 9.80 Å². The van der Waals surface area contributed by atoms with Crippen LogP contribution in [0.25, 0.3) is 0 Å². The van der Waals surface area contributed by atoms with Gasteiger partial charge in [-0.3, -0.25) is 4.79 Å². The van der Waals surface area contributed by atoms with Gasteiger partial charge in [-0.15, -0.1) is 0 Å². The second kappa shape index (κ2) is 7.19. The molecule has 0 aliphatic carbocycles. The molecule has 1 aliphatic rings. The summed E-state index contributed by atoms with van der Waals surface area (Å²) in [6.45, 7) is 4.16.